The Bertz CT molecular complexity index is 789. The van der Waals surface area contributed by atoms with E-state index >= 15 is 0 Å². The third kappa shape index (κ3) is 3.17. The SMILES string of the molecule is CCCNCc1cn(Cc2cc(=O)n3ccsc3n2)nn1. The normalized spacial score (nSPS) is 11.3. The maximum Gasteiger partial charge on any atom is 0.258 e. The van der Waals surface area contributed by atoms with E-state index in [1.54, 1.807) is 10.9 Å². The van der Waals surface area contributed by atoms with Gasteiger partial charge >= 0.3 is 0 Å². The van der Waals surface area contributed by atoms with Gasteiger partial charge in [0.2, 0.25) is 0 Å². The van der Waals surface area contributed by atoms with Gasteiger partial charge in [0.05, 0.1) is 24.1 Å². The molecule has 3 aromatic heterocycles. The van der Waals surface area contributed by atoms with Crippen molar-refractivity contribution in [2.45, 2.75) is 26.4 Å². The minimum Gasteiger partial charge on any atom is -0.311 e. The number of fused-ring (bicyclic) bond motifs is 1. The van der Waals surface area contributed by atoms with Crippen molar-refractivity contribution in [2.24, 2.45) is 0 Å². The molecule has 0 aromatic carbocycles. The van der Waals surface area contributed by atoms with E-state index in [-0.39, 0.29) is 5.56 Å². The van der Waals surface area contributed by atoms with Crippen molar-refractivity contribution in [1.82, 2.24) is 29.7 Å². The molecule has 0 aliphatic carbocycles. The standard InChI is InChI=1S/C13H16N6OS/c1-2-3-14-7-11-9-18(17-16-11)8-10-6-12(20)19-4-5-21-13(19)15-10/h4-6,9,14H,2-3,7-8H2,1H3. The van der Waals surface area contributed by atoms with Crippen molar-refractivity contribution in [3.8, 4) is 0 Å². The smallest absolute Gasteiger partial charge is 0.258 e. The molecule has 110 valence electrons. The van der Waals surface area contributed by atoms with Gasteiger partial charge in [0.15, 0.2) is 4.96 Å². The van der Waals surface area contributed by atoms with Crippen LogP contribution >= 0.6 is 11.3 Å². The summed E-state index contributed by atoms with van der Waals surface area (Å²) < 4.78 is 3.24. The van der Waals surface area contributed by atoms with E-state index in [4.69, 9.17) is 0 Å². The van der Waals surface area contributed by atoms with Crippen LogP contribution in [0.3, 0.4) is 0 Å². The summed E-state index contributed by atoms with van der Waals surface area (Å²) in [5.74, 6) is 0. The number of aromatic nitrogens is 5. The highest BCUT2D eigenvalue weighted by molar-refractivity contribution is 7.15. The Morgan fingerprint density at radius 2 is 2.29 bits per heavy atom. The summed E-state index contributed by atoms with van der Waals surface area (Å²) in [5.41, 5.74) is 1.51. The van der Waals surface area contributed by atoms with Gasteiger partial charge in [0.25, 0.3) is 5.56 Å². The van der Waals surface area contributed by atoms with Crippen LogP contribution in [0.2, 0.25) is 0 Å². The second kappa shape index (κ2) is 6.15. The summed E-state index contributed by atoms with van der Waals surface area (Å²) >= 11 is 1.44. The fourth-order valence-corrected chi connectivity index (χ4v) is 2.76. The molecule has 0 spiro atoms. The van der Waals surface area contributed by atoms with E-state index < -0.39 is 0 Å². The molecule has 0 fully saturated rings. The maximum atomic E-state index is 11.9. The first-order valence-electron chi connectivity index (χ1n) is 6.82. The quantitative estimate of drug-likeness (QED) is 0.685. The van der Waals surface area contributed by atoms with Gasteiger partial charge in [-0.05, 0) is 13.0 Å². The zero-order chi connectivity index (χ0) is 14.7. The van der Waals surface area contributed by atoms with Crippen molar-refractivity contribution in [2.75, 3.05) is 6.54 Å². The number of hydrogen-bond acceptors (Lipinski definition) is 6. The molecule has 0 radical (unpaired) electrons. The van der Waals surface area contributed by atoms with Crippen LogP contribution in [-0.2, 0) is 13.1 Å². The van der Waals surface area contributed by atoms with E-state index in [0.717, 1.165) is 18.7 Å². The molecular formula is C13H16N6OS. The largest absolute Gasteiger partial charge is 0.311 e. The summed E-state index contributed by atoms with van der Waals surface area (Å²) in [4.78, 5) is 17.1. The van der Waals surface area contributed by atoms with Crippen LogP contribution in [0.5, 0.6) is 0 Å². The van der Waals surface area contributed by atoms with Crippen LogP contribution < -0.4 is 10.9 Å². The van der Waals surface area contributed by atoms with Crippen molar-refractivity contribution < 1.29 is 0 Å². The van der Waals surface area contributed by atoms with Gasteiger partial charge in [-0.25, -0.2) is 9.67 Å². The first-order chi connectivity index (χ1) is 10.3. The highest BCUT2D eigenvalue weighted by atomic mass is 32.1. The second-order valence-corrected chi connectivity index (χ2v) is 5.60. The molecule has 0 amide bonds. The van der Waals surface area contributed by atoms with Crippen LogP contribution in [0.25, 0.3) is 4.96 Å². The van der Waals surface area contributed by atoms with Crippen LogP contribution in [-0.4, -0.2) is 30.9 Å². The van der Waals surface area contributed by atoms with Crippen LogP contribution in [0.4, 0.5) is 0 Å². The van der Waals surface area contributed by atoms with Gasteiger partial charge < -0.3 is 5.32 Å². The topological polar surface area (TPSA) is 77.1 Å². The molecular weight excluding hydrogens is 288 g/mol. The van der Waals surface area contributed by atoms with Crippen molar-refractivity contribution >= 4 is 16.3 Å². The number of nitrogens with zero attached hydrogens (tertiary/aromatic N) is 5. The zero-order valence-electron chi connectivity index (χ0n) is 11.7. The van der Waals surface area contributed by atoms with Gasteiger partial charge in [-0.2, -0.15) is 0 Å². The van der Waals surface area contributed by atoms with Crippen LogP contribution in [0, 0.1) is 0 Å². The van der Waals surface area contributed by atoms with Crippen molar-refractivity contribution in [3.05, 3.63) is 45.6 Å². The Morgan fingerprint density at radius 3 is 3.14 bits per heavy atom. The minimum absolute atomic E-state index is 0.0683. The lowest BCUT2D eigenvalue weighted by Gasteiger charge is -2.00. The minimum atomic E-state index is -0.0683. The van der Waals surface area contributed by atoms with E-state index in [1.165, 1.54) is 21.8 Å². The summed E-state index contributed by atoms with van der Waals surface area (Å²) in [6.07, 6.45) is 4.69. The average Bonchev–Trinajstić information content (AvgIpc) is 3.09. The second-order valence-electron chi connectivity index (χ2n) is 4.73. The molecule has 0 bridgehead atoms. The Morgan fingerprint density at radius 1 is 1.38 bits per heavy atom. The number of rotatable bonds is 6. The lowest BCUT2D eigenvalue weighted by molar-refractivity contribution is 0.635. The monoisotopic (exact) mass is 304 g/mol. The molecule has 0 aliphatic heterocycles. The van der Waals surface area contributed by atoms with E-state index in [1.807, 2.05) is 11.6 Å². The molecule has 8 heteroatoms. The highest BCUT2D eigenvalue weighted by Gasteiger charge is 2.06. The lowest BCUT2D eigenvalue weighted by Crippen LogP contribution is -2.15. The Balaban J connectivity index is 1.74. The number of hydrogen-bond donors (Lipinski definition) is 1. The highest BCUT2D eigenvalue weighted by Crippen LogP contribution is 2.07. The predicted molar refractivity (Wildman–Crippen MR) is 80.5 cm³/mol. The predicted octanol–water partition coefficient (Wildman–Crippen LogP) is 0.895. The summed E-state index contributed by atoms with van der Waals surface area (Å²) in [7, 11) is 0. The van der Waals surface area contributed by atoms with Gasteiger partial charge in [0.1, 0.15) is 0 Å². The van der Waals surface area contributed by atoms with Gasteiger partial charge in [0, 0.05) is 24.2 Å². The third-order valence-corrected chi connectivity index (χ3v) is 3.76. The lowest BCUT2D eigenvalue weighted by atomic mass is 10.4. The molecule has 1 N–H and O–H groups in total. The fraction of sp³-hybridized carbons (Fsp3) is 0.385. The molecule has 0 saturated carbocycles. The number of nitrogens with one attached hydrogen (secondary N) is 1. The van der Waals surface area contributed by atoms with E-state index in [9.17, 15) is 4.79 Å². The van der Waals surface area contributed by atoms with E-state index in [2.05, 4.69) is 27.5 Å². The Hall–Kier alpha value is -2.06. The first kappa shape index (κ1) is 13.9. The van der Waals surface area contributed by atoms with Gasteiger partial charge in [-0.3, -0.25) is 9.20 Å². The van der Waals surface area contributed by atoms with Crippen LogP contribution in [0.15, 0.2) is 28.6 Å². The molecule has 0 unspecified atom stereocenters. The number of thiazole rings is 1. The summed E-state index contributed by atoms with van der Waals surface area (Å²) in [6.45, 7) is 4.23. The summed E-state index contributed by atoms with van der Waals surface area (Å²) in [6, 6.07) is 1.54. The molecule has 21 heavy (non-hydrogen) atoms. The molecule has 3 rings (SSSR count). The Kier molecular flexibility index (Phi) is 4.07. The third-order valence-electron chi connectivity index (χ3n) is 3.00. The van der Waals surface area contributed by atoms with Crippen molar-refractivity contribution in [3.63, 3.8) is 0 Å². The summed E-state index contributed by atoms with van der Waals surface area (Å²) in [5, 5.41) is 13.3. The maximum absolute atomic E-state index is 11.9. The zero-order valence-corrected chi connectivity index (χ0v) is 12.5. The fourth-order valence-electron chi connectivity index (χ4n) is 2.02. The Labute approximate surface area is 125 Å². The molecule has 0 saturated heterocycles. The van der Waals surface area contributed by atoms with Gasteiger partial charge in [-0.1, -0.05) is 12.1 Å². The molecule has 7 nitrogen and oxygen atoms in total. The molecule has 0 atom stereocenters. The van der Waals surface area contributed by atoms with Crippen molar-refractivity contribution in [1.29, 1.82) is 0 Å². The van der Waals surface area contributed by atoms with E-state index in [0.29, 0.717) is 23.7 Å². The molecule has 3 heterocycles. The van der Waals surface area contributed by atoms with Crippen LogP contribution in [0.1, 0.15) is 24.7 Å². The first-order valence-corrected chi connectivity index (χ1v) is 7.69. The van der Waals surface area contributed by atoms with Gasteiger partial charge in [-0.15, -0.1) is 16.4 Å². The average molecular weight is 304 g/mol. The molecule has 0 aliphatic rings. The molecule has 3 aromatic rings.